The van der Waals surface area contributed by atoms with Gasteiger partial charge in [-0.05, 0) is 17.7 Å². The summed E-state index contributed by atoms with van der Waals surface area (Å²) in [4.78, 5) is 25.6. The predicted molar refractivity (Wildman–Crippen MR) is 109 cm³/mol. The standard InChI is InChI=1S/C23H24N2O5/c1-24-22(28)15-7-13(21(27)25-19-16-9-29-10-17(16)19)8-18-20(15)30-12-23(18,11-26)14-5-3-2-4-6-14/h2-8,16-17,19,26H,9-12H2,1H3,(H,24,28)(H,25,27)/t16-,17+,19?,23-/m0/s1. The van der Waals surface area contributed by atoms with Crippen LogP contribution in [0.15, 0.2) is 42.5 Å². The van der Waals surface area contributed by atoms with Crippen molar-refractivity contribution in [3.63, 3.8) is 0 Å². The van der Waals surface area contributed by atoms with Gasteiger partial charge in [-0.2, -0.15) is 0 Å². The molecule has 0 spiro atoms. The minimum absolute atomic E-state index is 0.121. The molecule has 30 heavy (non-hydrogen) atoms. The lowest BCUT2D eigenvalue weighted by molar-refractivity contribution is 0.0928. The van der Waals surface area contributed by atoms with Crippen LogP contribution in [-0.2, 0) is 10.2 Å². The van der Waals surface area contributed by atoms with Crippen LogP contribution in [0.4, 0.5) is 0 Å². The molecule has 0 bridgehead atoms. The Morgan fingerprint density at radius 1 is 1.13 bits per heavy atom. The second-order valence-electron chi connectivity index (χ2n) is 8.24. The van der Waals surface area contributed by atoms with E-state index >= 15 is 0 Å². The first kappa shape index (κ1) is 19.1. The Hall–Kier alpha value is -2.90. The van der Waals surface area contributed by atoms with Crippen LogP contribution < -0.4 is 15.4 Å². The maximum Gasteiger partial charge on any atom is 0.254 e. The number of aliphatic hydroxyl groups is 1. The quantitative estimate of drug-likeness (QED) is 0.688. The molecule has 2 heterocycles. The zero-order valence-electron chi connectivity index (χ0n) is 16.7. The highest BCUT2D eigenvalue weighted by atomic mass is 16.5. The van der Waals surface area contributed by atoms with Crippen LogP contribution >= 0.6 is 0 Å². The van der Waals surface area contributed by atoms with E-state index in [1.165, 1.54) is 7.05 Å². The second kappa shape index (κ2) is 7.11. The maximum atomic E-state index is 13.0. The Labute approximate surface area is 174 Å². The number of ether oxygens (including phenoxy) is 2. The van der Waals surface area contributed by atoms with Crippen molar-refractivity contribution < 1.29 is 24.2 Å². The average molecular weight is 408 g/mol. The van der Waals surface area contributed by atoms with Crippen molar-refractivity contribution in [2.45, 2.75) is 11.5 Å². The normalized spacial score (nSPS) is 28.3. The SMILES string of the molecule is CNC(=O)c1cc(C(=O)NC2[C@H]3COC[C@@H]23)cc2c1OC[C@@]2(CO)c1ccccc1. The number of rotatable bonds is 5. The zero-order chi connectivity index (χ0) is 20.9. The van der Waals surface area contributed by atoms with Gasteiger partial charge in [-0.25, -0.2) is 0 Å². The molecule has 1 saturated heterocycles. The summed E-state index contributed by atoms with van der Waals surface area (Å²) in [7, 11) is 1.54. The van der Waals surface area contributed by atoms with Crippen LogP contribution in [0.2, 0.25) is 0 Å². The van der Waals surface area contributed by atoms with Crippen LogP contribution in [0.5, 0.6) is 5.75 Å². The van der Waals surface area contributed by atoms with Crippen molar-refractivity contribution in [3.8, 4) is 5.75 Å². The number of carbonyl (C=O) groups is 2. The first-order valence-electron chi connectivity index (χ1n) is 10.2. The second-order valence-corrected chi connectivity index (χ2v) is 8.24. The molecule has 2 fully saturated rings. The first-order chi connectivity index (χ1) is 14.6. The Morgan fingerprint density at radius 3 is 2.53 bits per heavy atom. The predicted octanol–water partition coefficient (Wildman–Crippen LogP) is 1.09. The summed E-state index contributed by atoms with van der Waals surface area (Å²) >= 11 is 0. The van der Waals surface area contributed by atoms with Gasteiger partial charge in [-0.1, -0.05) is 30.3 Å². The molecule has 1 saturated carbocycles. The molecule has 156 valence electrons. The van der Waals surface area contributed by atoms with Gasteiger partial charge in [0.1, 0.15) is 12.4 Å². The van der Waals surface area contributed by atoms with Crippen molar-refractivity contribution in [1.29, 1.82) is 0 Å². The molecular formula is C23H24N2O5. The van der Waals surface area contributed by atoms with Crippen LogP contribution in [-0.4, -0.2) is 56.4 Å². The van der Waals surface area contributed by atoms with Gasteiger partial charge in [0, 0.05) is 36.1 Å². The summed E-state index contributed by atoms with van der Waals surface area (Å²) < 4.78 is 11.3. The van der Waals surface area contributed by atoms with Gasteiger partial charge in [0.05, 0.1) is 30.8 Å². The fraction of sp³-hybridized carbons (Fsp3) is 0.391. The van der Waals surface area contributed by atoms with E-state index in [0.717, 1.165) is 5.56 Å². The number of fused-ring (bicyclic) bond motifs is 2. The summed E-state index contributed by atoms with van der Waals surface area (Å²) in [6, 6.07) is 13.0. The number of benzene rings is 2. The van der Waals surface area contributed by atoms with Crippen molar-refractivity contribution in [2.24, 2.45) is 11.8 Å². The van der Waals surface area contributed by atoms with Crippen molar-refractivity contribution in [1.82, 2.24) is 10.6 Å². The molecule has 2 amide bonds. The third-order valence-corrected chi connectivity index (χ3v) is 6.65. The summed E-state index contributed by atoms with van der Waals surface area (Å²) in [5.74, 6) is 0.617. The van der Waals surface area contributed by atoms with E-state index in [-0.39, 0.29) is 31.1 Å². The molecule has 3 N–H and O–H groups in total. The van der Waals surface area contributed by atoms with Crippen molar-refractivity contribution in [3.05, 3.63) is 64.7 Å². The molecule has 4 atom stereocenters. The minimum atomic E-state index is -0.834. The number of hydrogen-bond donors (Lipinski definition) is 3. The van der Waals surface area contributed by atoms with Gasteiger partial charge in [0.25, 0.3) is 11.8 Å². The molecule has 3 aliphatic rings. The third-order valence-electron chi connectivity index (χ3n) is 6.65. The molecule has 1 aliphatic carbocycles. The van der Waals surface area contributed by atoms with Gasteiger partial charge < -0.3 is 25.2 Å². The Balaban J connectivity index is 1.57. The van der Waals surface area contributed by atoms with E-state index < -0.39 is 5.41 Å². The van der Waals surface area contributed by atoms with Crippen LogP contribution in [0, 0.1) is 11.8 Å². The zero-order valence-corrected chi connectivity index (χ0v) is 16.7. The Kier molecular flexibility index (Phi) is 4.52. The smallest absolute Gasteiger partial charge is 0.254 e. The lowest BCUT2D eigenvalue weighted by Crippen LogP contribution is -2.34. The van der Waals surface area contributed by atoms with Gasteiger partial charge in [-0.3, -0.25) is 9.59 Å². The molecule has 7 heteroatoms. The van der Waals surface area contributed by atoms with Crippen molar-refractivity contribution in [2.75, 3.05) is 33.5 Å². The lowest BCUT2D eigenvalue weighted by atomic mass is 9.76. The molecule has 0 radical (unpaired) electrons. The summed E-state index contributed by atoms with van der Waals surface area (Å²) in [6.07, 6.45) is 0. The number of aliphatic hydroxyl groups excluding tert-OH is 1. The van der Waals surface area contributed by atoms with Crippen LogP contribution in [0.1, 0.15) is 31.8 Å². The molecule has 5 rings (SSSR count). The number of hydrogen-bond acceptors (Lipinski definition) is 5. The monoisotopic (exact) mass is 408 g/mol. The van der Waals surface area contributed by atoms with E-state index in [1.54, 1.807) is 12.1 Å². The van der Waals surface area contributed by atoms with E-state index in [2.05, 4.69) is 10.6 Å². The van der Waals surface area contributed by atoms with Crippen LogP contribution in [0.3, 0.4) is 0 Å². The third kappa shape index (κ3) is 2.80. The topological polar surface area (TPSA) is 96.9 Å². The highest BCUT2D eigenvalue weighted by Gasteiger charge is 2.55. The Bertz CT molecular complexity index is 998. The van der Waals surface area contributed by atoms with E-state index in [4.69, 9.17) is 9.47 Å². The maximum absolute atomic E-state index is 13.0. The van der Waals surface area contributed by atoms with Crippen LogP contribution in [0.25, 0.3) is 0 Å². The van der Waals surface area contributed by atoms with Gasteiger partial charge in [0.15, 0.2) is 0 Å². The van der Waals surface area contributed by atoms with Gasteiger partial charge in [0.2, 0.25) is 0 Å². The molecule has 0 aromatic heterocycles. The fourth-order valence-electron chi connectivity index (χ4n) is 4.75. The molecule has 2 aromatic carbocycles. The summed E-state index contributed by atoms with van der Waals surface area (Å²) in [5, 5.41) is 16.1. The summed E-state index contributed by atoms with van der Waals surface area (Å²) in [5.41, 5.74) is 1.38. The fourth-order valence-corrected chi connectivity index (χ4v) is 4.75. The van der Waals surface area contributed by atoms with E-state index in [0.29, 0.717) is 47.5 Å². The number of amides is 2. The van der Waals surface area contributed by atoms with E-state index in [9.17, 15) is 14.7 Å². The number of nitrogens with one attached hydrogen (secondary N) is 2. The lowest BCUT2D eigenvalue weighted by Gasteiger charge is -2.26. The van der Waals surface area contributed by atoms with E-state index in [1.807, 2.05) is 30.3 Å². The average Bonchev–Trinajstić information content (AvgIpc) is 3.14. The molecule has 7 nitrogen and oxygen atoms in total. The molecular weight excluding hydrogens is 384 g/mol. The molecule has 2 aromatic rings. The van der Waals surface area contributed by atoms with Crippen molar-refractivity contribution >= 4 is 11.8 Å². The number of carbonyl (C=O) groups excluding carboxylic acids is 2. The summed E-state index contributed by atoms with van der Waals surface area (Å²) in [6.45, 7) is 1.35. The highest BCUT2D eigenvalue weighted by Crippen LogP contribution is 2.47. The Morgan fingerprint density at radius 2 is 1.87 bits per heavy atom. The van der Waals surface area contributed by atoms with Gasteiger partial charge in [-0.15, -0.1) is 0 Å². The molecule has 2 aliphatic heterocycles. The van der Waals surface area contributed by atoms with Gasteiger partial charge >= 0.3 is 0 Å². The molecule has 1 unspecified atom stereocenters. The highest BCUT2D eigenvalue weighted by molar-refractivity contribution is 6.02. The minimum Gasteiger partial charge on any atom is -0.491 e. The largest absolute Gasteiger partial charge is 0.491 e. The first-order valence-corrected chi connectivity index (χ1v) is 10.2.